The van der Waals surface area contributed by atoms with Gasteiger partial charge in [-0.1, -0.05) is 17.2 Å². The van der Waals surface area contributed by atoms with Gasteiger partial charge >= 0.3 is 0 Å². The number of phenolic OH excluding ortho intramolecular Hbond substituents is 1. The predicted molar refractivity (Wildman–Crippen MR) is 121 cm³/mol. The normalized spacial score (nSPS) is 15.1. The Bertz CT molecular complexity index is 1210. The van der Waals surface area contributed by atoms with Crippen LogP contribution in [0.25, 0.3) is 0 Å². The van der Waals surface area contributed by atoms with Gasteiger partial charge in [0.1, 0.15) is 11.8 Å². The summed E-state index contributed by atoms with van der Waals surface area (Å²) in [5.74, 6) is 0.818. The first kappa shape index (κ1) is 21.6. The SMILES string of the molecule is CCOc1ccccc1NC(=O)C1=C(C)Nc2nnnn2C1c1cc(Br)c(O)c(OC)c1. The van der Waals surface area contributed by atoms with E-state index in [1.54, 1.807) is 31.2 Å². The number of benzene rings is 2. The number of phenols is 1. The molecule has 0 bridgehead atoms. The topological polar surface area (TPSA) is 123 Å². The van der Waals surface area contributed by atoms with E-state index < -0.39 is 6.04 Å². The molecule has 0 saturated carbocycles. The van der Waals surface area contributed by atoms with Crippen molar-refractivity contribution in [1.29, 1.82) is 0 Å². The molecule has 1 amide bonds. The van der Waals surface area contributed by atoms with Crippen molar-refractivity contribution in [2.24, 2.45) is 0 Å². The number of nitrogens with zero attached hydrogens (tertiary/aromatic N) is 4. The average Bonchev–Trinajstić information content (AvgIpc) is 3.24. The van der Waals surface area contributed by atoms with E-state index in [9.17, 15) is 9.90 Å². The van der Waals surface area contributed by atoms with Gasteiger partial charge in [0.2, 0.25) is 5.95 Å². The minimum absolute atomic E-state index is 0.0422. The Balaban J connectivity index is 1.80. The summed E-state index contributed by atoms with van der Waals surface area (Å²) < 4.78 is 12.9. The molecule has 0 spiro atoms. The summed E-state index contributed by atoms with van der Waals surface area (Å²) in [4.78, 5) is 13.5. The Labute approximate surface area is 192 Å². The zero-order valence-corrected chi connectivity index (χ0v) is 19.2. The number of hydrogen-bond donors (Lipinski definition) is 3. The summed E-state index contributed by atoms with van der Waals surface area (Å²) in [6.45, 7) is 4.12. The fraction of sp³-hybridized carbons (Fsp3) is 0.238. The summed E-state index contributed by atoms with van der Waals surface area (Å²) in [5, 5.41) is 28.1. The van der Waals surface area contributed by atoms with Gasteiger partial charge in [0, 0.05) is 5.70 Å². The highest BCUT2D eigenvalue weighted by atomic mass is 79.9. The number of nitrogens with one attached hydrogen (secondary N) is 2. The van der Waals surface area contributed by atoms with Crippen LogP contribution in [0, 0.1) is 0 Å². The van der Waals surface area contributed by atoms with Crippen LogP contribution in [0.1, 0.15) is 25.5 Å². The van der Waals surface area contributed by atoms with E-state index in [0.717, 1.165) is 0 Å². The number of carbonyl (C=O) groups is 1. The van der Waals surface area contributed by atoms with E-state index in [4.69, 9.17) is 9.47 Å². The van der Waals surface area contributed by atoms with Crippen LogP contribution in [0.15, 0.2) is 52.1 Å². The highest BCUT2D eigenvalue weighted by molar-refractivity contribution is 9.10. The number of halogens is 1. The first-order valence-corrected chi connectivity index (χ1v) is 10.6. The second-order valence-corrected chi connectivity index (χ2v) is 7.80. The van der Waals surface area contributed by atoms with Gasteiger partial charge in [0.25, 0.3) is 5.91 Å². The zero-order chi connectivity index (χ0) is 22.8. The molecule has 1 aromatic heterocycles. The number of aromatic nitrogens is 4. The lowest BCUT2D eigenvalue weighted by Crippen LogP contribution is -2.31. The molecule has 0 saturated heterocycles. The van der Waals surface area contributed by atoms with Crippen molar-refractivity contribution >= 4 is 33.5 Å². The van der Waals surface area contributed by atoms with Gasteiger partial charge in [0.05, 0.1) is 29.4 Å². The zero-order valence-electron chi connectivity index (χ0n) is 17.6. The van der Waals surface area contributed by atoms with Crippen LogP contribution in [-0.4, -0.2) is 44.9 Å². The lowest BCUT2D eigenvalue weighted by molar-refractivity contribution is -0.113. The van der Waals surface area contributed by atoms with Crippen LogP contribution >= 0.6 is 15.9 Å². The molecule has 1 atom stereocenters. The van der Waals surface area contributed by atoms with Crippen LogP contribution in [0.4, 0.5) is 11.6 Å². The average molecular weight is 501 g/mol. The number of tetrazole rings is 1. The number of ether oxygens (including phenoxy) is 2. The molecule has 0 fully saturated rings. The lowest BCUT2D eigenvalue weighted by Gasteiger charge is -2.28. The number of anilines is 2. The van der Waals surface area contributed by atoms with Crippen molar-refractivity contribution in [2.45, 2.75) is 19.9 Å². The van der Waals surface area contributed by atoms with Gasteiger partial charge in [0.15, 0.2) is 11.5 Å². The minimum Gasteiger partial charge on any atom is -0.503 e. The highest BCUT2D eigenvalue weighted by Crippen LogP contribution is 2.42. The third kappa shape index (κ3) is 3.86. The predicted octanol–water partition coefficient (Wildman–Crippen LogP) is 3.48. The van der Waals surface area contributed by atoms with Gasteiger partial charge in [-0.25, -0.2) is 0 Å². The van der Waals surface area contributed by atoms with Crippen LogP contribution < -0.4 is 20.1 Å². The molecule has 0 radical (unpaired) electrons. The smallest absolute Gasteiger partial charge is 0.255 e. The number of carbonyl (C=O) groups excluding carboxylic acids is 1. The van der Waals surface area contributed by atoms with Gasteiger partial charge in [-0.3, -0.25) is 4.79 Å². The lowest BCUT2D eigenvalue weighted by atomic mass is 9.94. The number of rotatable bonds is 6. The summed E-state index contributed by atoms with van der Waals surface area (Å²) >= 11 is 3.35. The summed E-state index contributed by atoms with van der Waals surface area (Å²) in [6, 6.07) is 9.89. The second kappa shape index (κ2) is 8.87. The maximum absolute atomic E-state index is 13.5. The Morgan fingerprint density at radius 1 is 1.31 bits per heavy atom. The Morgan fingerprint density at radius 2 is 2.09 bits per heavy atom. The van der Waals surface area contributed by atoms with E-state index in [2.05, 4.69) is 42.1 Å². The van der Waals surface area contributed by atoms with Crippen molar-refractivity contribution in [1.82, 2.24) is 20.2 Å². The number of allylic oxidation sites excluding steroid dienone is 1. The van der Waals surface area contributed by atoms with Gasteiger partial charge in [-0.2, -0.15) is 4.68 Å². The third-order valence-corrected chi connectivity index (χ3v) is 5.58. The first-order chi connectivity index (χ1) is 15.4. The van der Waals surface area contributed by atoms with Crippen LogP contribution in [-0.2, 0) is 4.79 Å². The number of para-hydroxylation sites is 2. The van der Waals surface area contributed by atoms with E-state index in [1.807, 2.05) is 19.1 Å². The van der Waals surface area contributed by atoms with E-state index >= 15 is 0 Å². The molecule has 11 heteroatoms. The largest absolute Gasteiger partial charge is 0.503 e. The Morgan fingerprint density at radius 3 is 2.84 bits per heavy atom. The molecule has 166 valence electrons. The summed E-state index contributed by atoms with van der Waals surface area (Å²) in [5.41, 5.74) is 2.18. The van der Waals surface area contributed by atoms with Gasteiger partial charge < -0.3 is 25.2 Å². The van der Waals surface area contributed by atoms with Crippen molar-refractivity contribution < 1.29 is 19.4 Å². The standard InChI is InChI=1S/C21H21BrN6O4/c1-4-32-15-8-6-5-7-14(15)24-20(30)17-11(2)23-21-25-26-27-28(21)18(17)12-9-13(22)19(29)16(10-12)31-3/h5-10,18,29H,4H2,1-3H3,(H,24,30)(H,23,25,27). The van der Waals surface area contributed by atoms with Crippen molar-refractivity contribution in [3.63, 3.8) is 0 Å². The maximum atomic E-state index is 13.5. The monoisotopic (exact) mass is 500 g/mol. The fourth-order valence-electron chi connectivity index (χ4n) is 3.56. The molecule has 3 N–H and O–H groups in total. The van der Waals surface area contributed by atoms with Crippen molar-refractivity contribution in [3.8, 4) is 17.2 Å². The van der Waals surface area contributed by atoms with Gasteiger partial charge in [-0.15, -0.1) is 0 Å². The highest BCUT2D eigenvalue weighted by Gasteiger charge is 2.35. The van der Waals surface area contributed by atoms with Crippen molar-refractivity contribution in [2.75, 3.05) is 24.4 Å². The molecule has 1 aliphatic rings. The molecule has 1 unspecified atom stereocenters. The Kier molecular flexibility index (Phi) is 5.99. The van der Waals surface area contributed by atoms with E-state index in [-0.39, 0.29) is 17.4 Å². The van der Waals surface area contributed by atoms with Crippen LogP contribution in [0.2, 0.25) is 0 Å². The van der Waals surface area contributed by atoms with E-state index in [0.29, 0.717) is 45.3 Å². The maximum Gasteiger partial charge on any atom is 0.255 e. The number of hydrogen-bond acceptors (Lipinski definition) is 8. The molecular formula is C21H21BrN6O4. The fourth-order valence-corrected chi connectivity index (χ4v) is 4.02. The number of aromatic hydroxyl groups is 1. The van der Waals surface area contributed by atoms with Crippen LogP contribution in [0.5, 0.6) is 17.2 Å². The first-order valence-electron chi connectivity index (χ1n) is 9.79. The van der Waals surface area contributed by atoms with E-state index in [1.165, 1.54) is 11.8 Å². The number of fused-ring (bicyclic) bond motifs is 1. The molecule has 2 heterocycles. The second-order valence-electron chi connectivity index (χ2n) is 6.95. The van der Waals surface area contributed by atoms with Crippen LogP contribution in [0.3, 0.4) is 0 Å². The number of amides is 1. The molecule has 4 rings (SSSR count). The summed E-state index contributed by atoms with van der Waals surface area (Å²) in [6.07, 6.45) is 0. The third-order valence-electron chi connectivity index (χ3n) is 4.98. The van der Waals surface area contributed by atoms with Crippen molar-refractivity contribution in [3.05, 3.63) is 57.7 Å². The number of methoxy groups -OCH3 is 1. The molecule has 2 aromatic carbocycles. The molecule has 32 heavy (non-hydrogen) atoms. The van der Waals surface area contributed by atoms with Gasteiger partial charge in [-0.05, 0) is 70.0 Å². The summed E-state index contributed by atoms with van der Waals surface area (Å²) in [7, 11) is 1.45. The molecular weight excluding hydrogens is 480 g/mol. The molecule has 10 nitrogen and oxygen atoms in total. The quantitative estimate of drug-likeness (QED) is 0.469. The molecule has 3 aromatic rings. The molecule has 0 aliphatic carbocycles. The molecule has 1 aliphatic heterocycles. The Hall–Kier alpha value is -3.60. The minimum atomic E-state index is -0.675.